The number of allylic oxidation sites excluding steroid dienone is 6. The number of aryl methyl sites for hydroxylation is 8. The van der Waals surface area contributed by atoms with Crippen LogP contribution in [-0.4, -0.2) is 30.6 Å². The molecule has 0 heterocycles. The van der Waals surface area contributed by atoms with Gasteiger partial charge in [-0.3, -0.25) is 0 Å². The maximum Gasteiger partial charge on any atom is 0.127 e. The minimum absolute atomic E-state index is 0.148. The van der Waals surface area contributed by atoms with Crippen molar-refractivity contribution in [1.29, 1.82) is 0 Å². The molecule has 6 N–H and O–H groups in total. The third-order valence-corrected chi connectivity index (χ3v) is 13.6. The molecular weight excluding hydrogens is 841 g/mol. The lowest BCUT2D eigenvalue weighted by atomic mass is 9.75. The topological polar surface area (TPSA) is 121 Å². The van der Waals surface area contributed by atoms with Crippen LogP contribution in [0.25, 0.3) is 0 Å². The predicted molar refractivity (Wildman–Crippen MR) is 275 cm³/mol. The molecule has 344 valence electrons. The molecule has 6 aromatic carbocycles. The first kappa shape index (κ1) is 48.1. The molecule has 0 saturated carbocycles. The maximum atomic E-state index is 12.2. The monoisotopic (exact) mass is 900 g/mol. The van der Waals surface area contributed by atoms with Crippen molar-refractivity contribution in [1.82, 2.24) is 0 Å². The largest absolute Gasteiger partial charge is 0.508 e. The highest BCUT2D eigenvalue weighted by molar-refractivity contribution is 5.62. The van der Waals surface area contributed by atoms with Crippen LogP contribution in [-0.2, 0) is 0 Å². The quantitative estimate of drug-likeness (QED) is 0.0731. The minimum atomic E-state index is -0.821. The van der Waals surface area contributed by atoms with Gasteiger partial charge in [-0.1, -0.05) is 119 Å². The third-order valence-electron chi connectivity index (χ3n) is 13.6. The molecule has 0 aliphatic heterocycles. The Bertz CT molecular complexity index is 2950. The number of hydrogen-bond donors (Lipinski definition) is 6. The summed E-state index contributed by atoms with van der Waals surface area (Å²) in [5, 5.41) is 72.9. The number of aromatic hydroxyl groups is 4. The van der Waals surface area contributed by atoms with E-state index >= 15 is 0 Å². The van der Waals surface area contributed by atoms with E-state index in [0.29, 0.717) is 33.4 Å². The number of hydrogen-bond acceptors (Lipinski definition) is 6. The van der Waals surface area contributed by atoms with Crippen LogP contribution < -0.4 is 0 Å². The van der Waals surface area contributed by atoms with E-state index in [-0.39, 0.29) is 47.4 Å². The second-order valence-electron chi connectivity index (χ2n) is 18.5. The van der Waals surface area contributed by atoms with Crippen molar-refractivity contribution >= 4 is 0 Å². The van der Waals surface area contributed by atoms with Crippen LogP contribution in [0, 0.1) is 80.1 Å². The Morgan fingerprint density at radius 1 is 0.412 bits per heavy atom. The molecule has 6 nitrogen and oxygen atoms in total. The molecule has 0 radical (unpaired) electrons. The van der Waals surface area contributed by atoms with Crippen molar-refractivity contribution in [3.8, 4) is 47.7 Å². The number of terminal acetylenes is 2. The summed E-state index contributed by atoms with van der Waals surface area (Å²) < 4.78 is 0. The van der Waals surface area contributed by atoms with Gasteiger partial charge in [0.2, 0.25) is 0 Å². The van der Waals surface area contributed by atoms with Gasteiger partial charge < -0.3 is 30.6 Å². The fraction of sp³-hybridized carbons (Fsp3) is 0.226. The fourth-order valence-electron chi connectivity index (χ4n) is 10.4. The summed E-state index contributed by atoms with van der Waals surface area (Å²) in [6.45, 7) is 16.0. The van der Waals surface area contributed by atoms with Gasteiger partial charge >= 0.3 is 0 Å². The van der Waals surface area contributed by atoms with Gasteiger partial charge in [-0.15, -0.1) is 12.8 Å². The van der Waals surface area contributed by atoms with Crippen LogP contribution in [0.3, 0.4) is 0 Å². The third kappa shape index (κ3) is 9.69. The van der Waals surface area contributed by atoms with Crippen molar-refractivity contribution in [3.05, 3.63) is 233 Å². The summed E-state index contributed by atoms with van der Waals surface area (Å²) in [7, 11) is 0. The molecule has 0 spiro atoms. The maximum absolute atomic E-state index is 12.2. The van der Waals surface area contributed by atoms with E-state index in [1.54, 1.807) is 0 Å². The van der Waals surface area contributed by atoms with Crippen molar-refractivity contribution in [2.24, 2.45) is 0 Å². The number of phenols is 4. The highest BCUT2D eigenvalue weighted by Crippen LogP contribution is 2.50. The van der Waals surface area contributed by atoms with Crippen LogP contribution in [0.2, 0.25) is 0 Å². The average molecular weight is 901 g/mol. The SMILES string of the molecule is C#C/C=C(O)\C1=C/C[C@@H](c2ccc(C)cc2C)c2cc(c(O)cc2O)[C@@H](c2ccc(C)cc2C)C(/C(O)=C\C#C)=C/C[C@@H](c2ccc(C)cc2C)c2cc(c(O)cc2O)[C@H]1c1ccc(C)cc1C. The first-order chi connectivity index (χ1) is 32.4. The Kier molecular flexibility index (Phi) is 14.1. The van der Waals surface area contributed by atoms with Gasteiger partial charge in [0.15, 0.2) is 0 Å². The second-order valence-corrected chi connectivity index (χ2v) is 18.5. The number of benzene rings is 6. The van der Waals surface area contributed by atoms with Crippen molar-refractivity contribution in [3.63, 3.8) is 0 Å². The fourth-order valence-corrected chi connectivity index (χ4v) is 10.4. The number of phenolic OH excluding ortho intramolecular Hbond substituents is 4. The summed E-state index contributed by atoms with van der Waals surface area (Å²) in [5.74, 6) is 1.18. The van der Waals surface area contributed by atoms with E-state index in [1.807, 2.05) is 140 Å². The van der Waals surface area contributed by atoms with Crippen LogP contribution in [0.15, 0.2) is 144 Å². The molecule has 0 unspecified atom stereocenters. The molecule has 1 aliphatic rings. The van der Waals surface area contributed by atoms with Crippen molar-refractivity contribution < 1.29 is 30.6 Å². The van der Waals surface area contributed by atoms with Crippen molar-refractivity contribution in [2.45, 2.75) is 91.9 Å². The summed E-state index contributed by atoms with van der Waals surface area (Å²) in [6, 6.07) is 30.7. The summed E-state index contributed by atoms with van der Waals surface area (Å²) >= 11 is 0. The zero-order valence-electron chi connectivity index (χ0n) is 40.1. The molecule has 0 fully saturated rings. The second kappa shape index (κ2) is 20.0. The zero-order chi connectivity index (χ0) is 49.1. The molecule has 6 aromatic rings. The van der Waals surface area contributed by atoms with Crippen LogP contribution in [0.4, 0.5) is 0 Å². The summed E-state index contributed by atoms with van der Waals surface area (Å²) in [5.41, 5.74) is 13.9. The van der Waals surface area contributed by atoms with Gasteiger partial charge in [-0.25, -0.2) is 0 Å². The number of aliphatic hydroxyl groups excluding tert-OH is 2. The molecular formula is C62H60O6. The van der Waals surface area contributed by atoms with Crippen molar-refractivity contribution in [2.75, 3.05) is 0 Å². The highest BCUT2D eigenvalue weighted by Gasteiger charge is 2.33. The highest BCUT2D eigenvalue weighted by atomic mass is 16.3. The van der Waals surface area contributed by atoms with Gasteiger partial charge in [0.05, 0.1) is 0 Å². The molecule has 1 aliphatic carbocycles. The predicted octanol–water partition coefficient (Wildman–Crippen LogP) is 14.0. The first-order valence-electron chi connectivity index (χ1n) is 22.9. The minimum Gasteiger partial charge on any atom is -0.508 e. The lowest BCUT2D eigenvalue weighted by Crippen LogP contribution is -2.14. The van der Waals surface area contributed by atoms with Gasteiger partial charge in [-0.05, 0) is 125 Å². The van der Waals surface area contributed by atoms with E-state index in [1.165, 1.54) is 24.3 Å². The molecule has 6 heteroatoms. The van der Waals surface area contributed by atoms with Crippen LogP contribution >= 0.6 is 0 Å². The van der Waals surface area contributed by atoms with E-state index < -0.39 is 23.7 Å². The molecule has 0 amide bonds. The molecule has 7 rings (SSSR count). The van der Waals surface area contributed by atoms with E-state index in [4.69, 9.17) is 12.8 Å². The number of aliphatic hydroxyl groups is 2. The Labute approximate surface area is 401 Å². The molecule has 0 saturated heterocycles. The lowest BCUT2D eigenvalue weighted by molar-refractivity contribution is 0.414. The number of rotatable bonds is 6. The summed E-state index contributed by atoms with van der Waals surface area (Å²) in [6.07, 6.45) is 18.6. The van der Waals surface area contributed by atoms with E-state index in [0.717, 1.165) is 66.8 Å². The lowest BCUT2D eigenvalue weighted by Gasteiger charge is -2.30. The van der Waals surface area contributed by atoms with Crippen LogP contribution in [0.1, 0.15) is 126 Å². The standard InChI is InChI=1S/C62H60O6/c1-11-13-55(63)49-25-23-47(43-19-15-35(3)27-39(43)7)52-32-54(60(68)34-58(52)66)62(46-22-18-38(6)30-42(46)10)50(56(64)14-12-2)26-24-48(44-20-16-36(4)28-40(44)8)51-31-53(59(67)33-57(51)65)61(49)45-21-17-37(5)29-41(45)9/h1-2,13-22,25-34,47-48,61-68H,23-24H2,3-10H3/b49-25+,50-26+,55-13+,56-14+/t47-,48-,61-,62-/m0/s1. The Balaban J connectivity index is 1.70. The van der Waals surface area contributed by atoms with Gasteiger partial charge in [0.1, 0.15) is 34.5 Å². The number of fused-ring (bicyclic) bond motifs is 4. The molecule has 68 heavy (non-hydrogen) atoms. The Morgan fingerprint density at radius 3 is 1.00 bits per heavy atom. The zero-order valence-corrected chi connectivity index (χ0v) is 40.1. The Morgan fingerprint density at radius 2 is 0.706 bits per heavy atom. The molecule has 4 atom stereocenters. The van der Waals surface area contributed by atoms with E-state index in [2.05, 4.69) is 24.0 Å². The molecule has 4 bridgehead atoms. The van der Waals surface area contributed by atoms with Crippen LogP contribution in [0.5, 0.6) is 23.0 Å². The van der Waals surface area contributed by atoms with Gasteiger partial charge in [0, 0.05) is 81.4 Å². The smallest absolute Gasteiger partial charge is 0.127 e. The average Bonchev–Trinajstić information content (AvgIpc) is 3.26. The Hall–Kier alpha value is -7.80. The summed E-state index contributed by atoms with van der Waals surface area (Å²) in [4.78, 5) is 0. The normalized spacial score (nSPS) is 19.5. The van der Waals surface area contributed by atoms with E-state index in [9.17, 15) is 30.6 Å². The van der Waals surface area contributed by atoms with Gasteiger partial charge in [-0.2, -0.15) is 0 Å². The molecule has 0 aromatic heterocycles. The first-order valence-corrected chi connectivity index (χ1v) is 22.9. The van der Waals surface area contributed by atoms with Gasteiger partial charge in [0.25, 0.3) is 0 Å².